The average Bonchev–Trinajstić information content (AvgIpc) is 3.13. The quantitative estimate of drug-likeness (QED) is 0.138. The predicted molar refractivity (Wildman–Crippen MR) is 136 cm³/mol. The fourth-order valence-corrected chi connectivity index (χ4v) is 24.3. The van der Waals surface area contributed by atoms with Crippen LogP contribution in [0.1, 0.15) is 77.2 Å². The molecule has 2 aliphatic rings. The van der Waals surface area contributed by atoms with Gasteiger partial charge in [-0.05, 0) is 0 Å². The zero-order valence-corrected chi connectivity index (χ0v) is 23.2. The number of carbonyl (C=O) groups is 1. The molecular weight excluding hydrogens is 485 g/mol. The van der Waals surface area contributed by atoms with Crippen molar-refractivity contribution in [3.05, 3.63) is 48.6 Å². The Bertz CT molecular complexity index is 680. The van der Waals surface area contributed by atoms with Gasteiger partial charge in [-0.2, -0.15) is 0 Å². The Hall–Kier alpha value is -0.771. The number of unbranched alkanes of at least 4 members (excludes halogenated alkanes) is 3. The first-order valence-electron chi connectivity index (χ1n) is 13.1. The predicted octanol–water partition coefficient (Wildman–Crippen LogP) is 7.65. The van der Waals surface area contributed by atoms with Gasteiger partial charge in [0.2, 0.25) is 0 Å². The summed E-state index contributed by atoms with van der Waals surface area (Å²) in [4.78, 5) is 15.1. The van der Waals surface area contributed by atoms with E-state index in [1.165, 1.54) is 48.5 Å². The first-order chi connectivity index (χ1) is 15.1. The Labute approximate surface area is 195 Å². The molecular formula is C28H45NOSn. The van der Waals surface area contributed by atoms with Crippen LogP contribution in [0.25, 0.3) is 0 Å². The Balaban J connectivity index is 1.93. The van der Waals surface area contributed by atoms with Crippen LogP contribution in [0.5, 0.6) is 0 Å². The number of benzene rings is 1. The Morgan fingerprint density at radius 2 is 1.55 bits per heavy atom. The zero-order valence-electron chi connectivity index (χ0n) is 20.3. The third kappa shape index (κ3) is 5.60. The number of likely N-dealkylation sites (tertiary alicyclic amines) is 1. The molecule has 1 amide bonds. The second-order valence-electron chi connectivity index (χ2n) is 10.3. The van der Waals surface area contributed by atoms with Crippen molar-refractivity contribution >= 4 is 24.3 Å². The van der Waals surface area contributed by atoms with Gasteiger partial charge in [0, 0.05) is 0 Å². The van der Waals surface area contributed by atoms with Crippen molar-refractivity contribution < 1.29 is 4.79 Å². The molecule has 1 aliphatic heterocycles. The molecule has 2 fully saturated rings. The second kappa shape index (κ2) is 11.9. The fourth-order valence-electron chi connectivity index (χ4n) is 6.63. The van der Waals surface area contributed by atoms with Gasteiger partial charge in [0.1, 0.15) is 0 Å². The van der Waals surface area contributed by atoms with E-state index >= 15 is 0 Å². The fraction of sp³-hybridized carbons (Fsp3) is 0.679. The molecule has 1 saturated carbocycles. The third-order valence-corrected chi connectivity index (χ3v) is 24.2. The molecule has 172 valence electrons. The van der Waals surface area contributed by atoms with Crippen LogP contribution in [-0.4, -0.2) is 41.8 Å². The number of nitrogens with zero attached hydrogens (tertiary/aromatic N) is 1. The van der Waals surface area contributed by atoms with Gasteiger partial charge in [0.05, 0.1) is 0 Å². The molecule has 0 bridgehead atoms. The van der Waals surface area contributed by atoms with E-state index < -0.39 is 18.4 Å². The number of β-lactam (4-membered cyclic amide) rings is 1. The number of carbonyl (C=O) groups excluding carboxylic acids is 1. The SMILES string of the molecule is C=CCN1C(=O)[C@H]2C[C@H](c3ccccc3)[C@H]([CH2][Sn]([CH2]CCC)([CH2]CCC)[CH2]CCC)[C@H]21. The van der Waals surface area contributed by atoms with Crippen molar-refractivity contribution in [1.29, 1.82) is 0 Å². The van der Waals surface area contributed by atoms with E-state index in [2.05, 4.69) is 62.6 Å². The molecule has 0 radical (unpaired) electrons. The summed E-state index contributed by atoms with van der Waals surface area (Å²) in [6.07, 6.45) is 11.3. The Kier molecular flexibility index (Phi) is 9.55. The summed E-state index contributed by atoms with van der Waals surface area (Å²) in [5.41, 5.74) is 1.48. The molecule has 31 heavy (non-hydrogen) atoms. The molecule has 1 aromatic carbocycles. The van der Waals surface area contributed by atoms with Crippen LogP contribution in [-0.2, 0) is 4.79 Å². The molecule has 3 rings (SSSR count). The maximum atomic E-state index is 12.9. The van der Waals surface area contributed by atoms with Crippen LogP contribution in [0.2, 0.25) is 17.7 Å². The Morgan fingerprint density at radius 1 is 0.968 bits per heavy atom. The van der Waals surface area contributed by atoms with Crippen LogP contribution in [0.3, 0.4) is 0 Å². The van der Waals surface area contributed by atoms with Crippen LogP contribution in [0.15, 0.2) is 43.0 Å². The van der Waals surface area contributed by atoms with Crippen molar-refractivity contribution in [3.8, 4) is 0 Å². The molecule has 3 heteroatoms. The number of rotatable bonds is 14. The van der Waals surface area contributed by atoms with Crippen molar-refractivity contribution in [3.63, 3.8) is 0 Å². The van der Waals surface area contributed by atoms with Crippen LogP contribution >= 0.6 is 0 Å². The van der Waals surface area contributed by atoms with Crippen molar-refractivity contribution in [1.82, 2.24) is 4.90 Å². The summed E-state index contributed by atoms with van der Waals surface area (Å²) in [7, 11) is 0. The molecule has 1 aromatic rings. The van der Waals surface area contributed by atoms with Gasteiger partial charge in [-0.15, -0.1) is 0 Å². The minimum absolute atomic E-state index is 0.266. The first-order valence-corrected chi connectivity index (χ1v) is 21.1. The summed E-state index contributed by atoms with van der Waals surface area (Å²) in [6, 6.07) is 11.6. The summed E-state index contributed by atoms with van der Waals surface area (Å²) in [5.74, 6) is 1.90. The normalized spacial score (nSPS) is 25.4. The molecule has 0 aromatic heterocycles. The van der Waals surface area contributed by atoms with Crippen molar-refractivity contribution in [2.45, 2.75) is 95.4 Å². The third-order valence-electron chi connectivity index (χ3n) is 8.24. The monoisotopic (exact) mass is 531 g/mol. The minimum atomic E-state index is -2.30. The summed E-state index contributed by atoms with van der Waals surface area (Å²) in [5, 5.41) is 0. The standard InChI is InChI=1S/C16H18NO.3C4H9.Sn/c1-3-9-17-15-11(2)13(10-14(15)16(17)18)12-7-5-4-6-8-12;3*1-3-4-2;/h3-8,11,13-15H,1-2,9-10H2;3*1,3-4H2,2H3;/t11-,13-,14-,15+;;;;/m0..../s1. The van der Waals surface area contributed by atoms with Crippen LogP contribution in [0, 0.1) is 11.8 Å². The van der Waals surface area contributed by atoms with E-state index in [1.54, 1.807) is 13.3 Å². The van der Waals surface area contributed by atoms with Gasteiger partial charge >= 0.3 is 196 Å². The summed E-state index contributed by atoms with van der Waals surface area (Å²) >= 11 is -2.30. The molecule has 0 unspecified atom stereocenters. The van der Waals surface area contributed by atoms with Gasteiger partial charge in [0.15, 0.2) is 0 Å². The molecule has 4 atom stereocenters. The van der Waals surface area contributed by atoms with E-state index in [0.717, 1.165) is 13.0 Å². The summed E-state index contributed by atoms with van der Waals surface area (Å²) in [6.45, 7) is 11.8. The maximum absolute atomic E-state index is 12.9. The number of hydrogen-bond donors (Lipinski definition) is 0. The van der Waals surface area contributed by atoms with Crippen molar-refractivity contribution in [2.24, 2.45) is 11.8 Å². The molecule has 1 heterocycles. The van der Waals surface area contributed by atoms with Gasteiger partial charge in [0.25, 0.3) is 0 Å². The molecule has 1 aliphatic carbocycles. The molecule has 2 nitrogen and oxygen atoms in total. The molecule has 0 N–H and O–H groups in total. The first kappa shape index (κ1) is 24.9. The van der Waals surface area contributed by atoms with Crippen molar-refractivity contribution in [2.75, 3.05) is 6.54 Å². The molecule has 1 saturated heterocycles. The Morgan fingerprint density at radius 3 is 2.06 bits per heavy atom. The van der Waals surface area contributed by atoms with Crippen LogP contribution < -0.4 is 0 Å². The van der Waals surface area contributed by atoms with Gasteiger partial charge in [-0.1, -0.05) is 0 Å². The topological polar surface area (TPSA) is 20.3 Å². The van der Waals surface area contributed by atoms with Gasteiger partial charge < -0.3 is 0 Å². The number of hydrogen-bond acceptors (Lipinski definition) is 1. The summed E-state index contributed by atoms with van der Waals surface area (Å²) < 4.78 is 6.19. The van der Waals surface area contributed by atoms with E-state index in [-0.39, 0.29) is 5.92 Å². The van der Waals surface area contributed by atoms with E-state index in [4.69, 9.17) is 0 Å². The number of amides is 1. The second-order valence-corrected chi connectivity index (χ2v) is 24.3. The molecule has 0 spiro atoms. The van der Waals surface area contributed by atoms with Crippen LogP contribution in [0.4, 0.5) is 0 Å². The van der Waals surface area contributed by atoms with E-state index in [1.807, 2.05) is 6.08 Å². The number of fused-ring (bicyclic) bond motifs is 1. The van der Waals surface area contributed by atoms with E-state index in [9.17, 15) is 4.79 Å². The van der Waals surface area contributed by atoms with Gasteiger partial charge in [-0.25, -0.2) is 0 Å². The van der Waals surface area contributed by atoms with Gasteiger partial charge in [-0.3, -0.25) is 0 Å². The average molecular weight is 530 g/mol. The van der Waals surface area contributed by atoms with E-state index in [0.29, 0.717) is 23.8 Å². The zero-order chi connectivity index (χ0) is 22.3.